The Labute approximate surface area is 217 Å². The zero-order chi connectivity index (χ0) is 27.1. The van der Waals surface area contributed by atoms with Gasteiger partial charge < -0.3 is 29.8 Å². The van der Waals surface area contributed by atoms with Crippen molar-refractivity contribution in [2.45, 2.75) is 25.3 Å². The molecular weight excluding hydrogens is 495 g/mol. The van der Waals surface area contributed by atoms with Crippen LogP contribution >= 0.6 is 0 Å². The van der Waals surface area contributed by atoms with Gasteiger partial charge >= 0.3 is 5.97 Å². The molecule has 1 aromatic carbocycles. The molecule has 0 amide bonds. The second kappa shape index (κ2) is 12.2. The second-order valence-electron chi connectivity index (χ2n) is 8.75. The van der Waals surface area contributed by atoms with E-state index in [1.807, 2.05) is 13.1 Å². The largest absolute Gasteiger partial charge is 0.483 e. The fraction of sp³-hybridized carbons (Fsp3) is 0.259. The van der Waals surface area contributed by atoms with Gasteiger partial charge in [-0.3, -0.25) is 9.59 Å². The number of Topliss-reactive ketones (excluding diaryl/α,β-unsaturated/α-hetero) is 1. The summed E-state index contributed by atoms with van der Waals surface area (Å²) in [5.41, 5.74) is 1.59. The number of anilines is 1. The molecule has 1 fully saturated rings. The second-order valence-corrected chi connectivity index (χ2v) is 8.75. The molecular formula is C27H27FN4O6. The Bertz CT molecular complexity index is 1380. The summed E-state index contributed by atoms with van der Waals surface area (Å²) in [6.45, 7) is 0.875. The third-order valence-corrected chi connectivity index (χ3v) is 6.29. The quantitative estimate of drug-likeness (QED) is 0.192. The summed E-state index contributed by atoms with van der Waals surface area (Å²) in [6, 6.07) is 9.28. The Balaban J connectivity index is 0.00000107. The fourth-order valence-corrected chi connectivity index (χ4v) is 4.30. The molecule has 3 N–H and O–H groups in total. The van der Waals surface area contributed by atoms with Gasteiger partial charge in [-0.2, -0.15) is 0 Å². The molecule has 38 heavy (non-hydrogen) atoms. The van der Waals surface area contributed by atoms with Crippen molar-refractivity contribution in [1.82, 2.24) is 14.9 Å². The fourth-order valence-electron chi connectivity index (χ4n) is 4.30. The third-order valence-electron chi connectivity index (χ3n) is 6.29. The molecule has 3 aromatic rings. The normalized spacial score (nSPS) is 18.6. The van der Waals surface area contributed by atoms with Crippen molar-refractivity contribution in [3.8, 4) is 0 Å². The lowest BCUT2D eigenvalue weighted by Gasteiger charge is -2.31. The van der Waals surface area contributed by atoms with E-state index in [4.69, 9.17) is 19.4 Å². The highest BCUT2D eigenvalue weighted by Gasteiger charge is 2.37. The topological polar surface area (TPSA) is 134 Å². The number of carbonyl (C=O) groups excluding carboxylic acids is 2. The van der Waals surface area contributed by atoms with E-state index >= 15 is 0 Å². The van der Waals surface area contributed by atoms with E-state index in [-0.39, 0.29) is 36.3 Å². The number of carbonyl (C=O) groups is 3. The van der Waals surface area contributed by atoms with Crippen molar-refractivity contribution in [2.75, 3.05) is 25.5 Å². The average Bonchev–Trinajstić information content (AvgIpc) is 3.46. The zero-order valence-corrected chi connectivity index (χ0v) is 20.6. The highest BCUT2D eigenvalue weighted by atomic mass is 19.1. The Kier molecular flexibility index (Phi) is 8.49. The lowest BCUT2D eigenvalue weighted by molar-refractivity contribution is -0.142. The number of benzene rings is 1. The summed E-state index contributed by atoms with van der Waals surface area (Å²) < 4.78 is 24.7. The van der Waals surface area contributed by atoms with Crippen LogP contribution in [0.15, 0.2) is 66.0 Å². The van der Waals surface area contributed by atoms with E-state index < -0.39 is 17.6 Å². The highest BCUT2D eigenvalue weighted by molar-refractivity contribution is 6.26. The maximum absolute atomic E-state index is 13.4. The van der Waals surface area contributed by atoms with Crippen LogP contribution in [0.4, 0.5) is 10.1 Å². The number of aromatic nitrogens is 2. The standard InChI is InChI=1S/C26H25FN4O4.CH2O2/c1-31-12-3-2-5-19(31)15-34-26(33)22-23(32)21(13-16-14-29-24-20(16)6-4-11-28-24)35-25(22)30-18-9-7-17(27)8-10-18;2-1-3/h4,6-11,13-14,19,30H,2-3,5,12,15H2,1H3,(H,28,29);1H,(H,2,3). The number of ketones is 1. The summed E-state index contributed by atoms with van der Waals surface area (Å²) in [5.74, 6) is -1.83. The number of esters is 1. The smallest absolute Gasteiger partial charge is 0.347 e. The Morgan fingerprint density at radius 2 is 2.08 bits per heavy atom. The number of nitrogens with zero attached hydrogens (tertiary/aromatic N) is 2. The number of rotatable bonds is 6. The van der Waals surface area contributed by atoms with Crippen LogP contribution in [0, 0.1) is 5.82 Å². The van der Waals surface area contributed by atoms with Crippen molar-refractivity contribution < 1.29 is 33.4 Å². The van der Waals surface area contributed by atoms with Crippen LogP contribution in [0.25, 0.3) is 17.1 Å². The number of halogens is 1. The van der Waals surface area contributed by atoms with Gasteiger partial charge in [0.05, 0.1) is 0 Å². The molecule has 4 heterocycles. The number of likely N-dealkylation sites (tertiary alicyclic amines) is 1. The number of nitrogens with one attached hydrogen (secondary N) is 2. The van der Waals surface area contributed by atoms with Crippen molar-refractivity contribution in [3.05, 3.63) is 77.4 Å². The average molecular weight is 523 g/mol. The zero-order valence-electron chi connectivity index (χ0n) is 20.6. The van der Waals surface area contributed by atoms with E-state index in [0.717, 1.165) is 31.2 Å². The van der Waals surface area contributed by atoms with Crippen LogP contribution in [0.2, 0.25) is 0 Å². The Hall–Kier alpha value is -4.51. The predicted octanol–water partition coefficient (Wildman–Crippen LogP) is 3.69. The van der Waals surface area contributed by atoms with Crippen LogP contribution in [0.3, 0.4) is 0 Å². The third kappa shape index (κ3) is 6.06. The van der Waals surface area contributed by atoms with E-state index in [0.29, 0.717) is 16.9 Å². The molecule has 5 rings (SSSR count). The summed E-state index contributed by atoms with van der Waals surface area (Å²) in [6.07, 6.45) is 8.04. The molecule has 0 spiro atoms. The number of ether oxygens (including phenoxy) is 2. The molecule has 2 aliphatic heterocycles. The van der Waals surface area contributed by atoms with Gasteiger partial charge in [0.25, 0.3) is 6.47 Å². The van der Waals surface area contributed by atoms with Gasteiger partial charge in [0.2, 0.25) is 11.7 Å². The van der Waals surface area contributed by atoms with E-state index in [1.165, 1.54) is 24.3 Å². The number of carboxylic acid groups (broad SMARTS) is 1. The molecule has 10 nitrogen and oxygen atoms in total. The highest BCUT2D eigenvalue weighted by Crippen LogP contribution is 2.30. The number of piperidine rings is 1. The van der Waals surface area contributed by atoms with Gasteiger partial charge in [-0.1, -0.05) is 6.42 Å². The maximum atomic E-state index is 13.4. The summed E-state index contributed by atoms with van der Waals surface area (Å²) in [7, 11) is 2.00. The first-order valence-electron chi connectivity index (χ1n) is 12.0. The minimum Gasteiger partial charge on any atom is -0.483 e. The molecule has 11 heteroatoms. The number of aromatic amines is 1. The molecule has 0 aliphatic carbocycles. The van der Waals surface area contributed by atoms with Crippen molar-refractivity contribution in [3.63, 3.8) is 0 Å². The number of pyridine rings is 1. The van der Waals surface area contributed by atoms with Gasteiger partial charge in [-0.15, -0.1) is 0 Å². The number of hydrogen-bond acceptors (Lipinski definition) is 8. The molecule has 198 valence electrons. The predicted molar refractivity (Wildman–Crippen MR) is 137 cm³/mol. The number of likely N-dealkylation sites (N-methyl/N-ethyl adjacent to an activating group) is 1. The van der Waals surface area contributed by atoms with Gasteiger partial charge in [0.15, 0.2) is 11.3 Å². The van der Waals surface area contributed by atoms with Gasteiger partial charge in [-0.05, 0) is 68.9 Å². The minimum atomic E-state index is -0.762. The molecule has 2 aromatic heterocycles. The lowest BCUT2D eigenvalue weighted by atomic mass is 10.0. The summed E-state index contributed by atoms with van der Waals surface area (Å²) in [4.78, 5) is 44.2. The first-order chi connectivity index (χ1) is 18.4. The lowest BCUT2D eigenvalue weighted by Crippen LogP contribution is -2.40. The SMILES string of the molecule is CN1CCCCC1COC(=O)C1=C(Nc2ccc(F)cc2)OC(=Cc2c[nH]c3ncccc23)C1=O.O=CO. The monoisotopic (exact) mass is 522 g/mol. The van der Waals surface area contributed by atoms with Gasteiger partial charge in [0.1, 0.15) is 18.1 Å². The number of H-pyrrole nitrogens is 1. The maximum Gasteiger partial charge on any atom is 0.347 e. The van der Waals surface area contributed by atoms with E-state index in [2.05, 4.69) is 20.2 Å². The molecule has 0 bridgehead atoms. The Morgan fingerprint density at radius 3 is 2.82 bits per heavy atom. The van der Waals surface area contributed by atoms with Crippen LogP contribution in [-0.4, -0.2) is 64.4 Å². The minimum absolute atomic E-state index is 0.0268. The number of allylic oxidation sites excluding steroid dienone is 1. The molecule has 1 saturated heterocycles. The summed E-state index contributed by atoms with van der Waals surface area (Å²) in [5, 5.41) is 10.6. The molecule has 0 saturated carbocycles. The molecule has 1 atom stereocenters. The van der Waals surface area contributed by atoms with Crippen LogP contribution < -0.4 is 5.32 Å². The van der Waals surface area contributed by atoms with Crippen molar-refractivity contribution >= 4 is 41.0 Å². The summed E-state index contributed by atoms with van der Waals surface area (Å²) >= 11 is 0. The van der Waals surface area contributed by atoms with Crippen LogP contribution in [0.5, 0.6) is 0 Å². The first-order valence-corrected chi connectivity index (χ1v) is 12.0. The van der Waals surface area contributed by atoms with Gasteiger partial charge in [-0.25, -0.2) is 14.2 Å². The number of hydrogen-bond donors (Lipinski definition) is 3. The molecule has 2 aliphatic rings. The first kappa shape index (κ1) is 26.6. The number of fused-ring (bicyclic) bond motifs is 1. The van der Waals surface area contributed by atoms with Crippen LogP contribution in [-0.2, 0) is 23.9 Å². The van der Waals surface area contributed by atoms with E-state index in [1.54, 1.807) is 24.5 Å². The Morgan fingerprint density at radius 1 is 1.32 bits per heavy atom. The van der Waals surface area contributed by atoms with Crippen LogP contribution in [0.1, 0.15) is 24.8 Å². The molecule has 0 radical (unpaired) electrons. The van der Waals surface area contributed by atoms with Crippen molar-refractivity contribution in [2.24, 2.45) is 0 Å². The van der Waals surface area contributed by atoms with Gasteiger partial charge in [0, 0.05) is 35.1 Å². The van der Waals surface area contributed by atoms with E-state index in [9.17, 15) is 14.0 Å². The van der Waals surface area contributed by atoms with Crippen molar-refractivity contribution in [1.29, 1.82) is 0 Å². The molecule has 1 unspecified atom stereocenters.